The molecule has 1 saturated carbocycles. The van der Waals surface area contributed by atoms with Gasteiger partial charge in [-0.25, -0.2) is 4.79 Å². The molecule has 1 aromatic carbocycles. The predicted octanol–water partition coefficient (Wildman–Crippen LogP) is 5.28. The Morgan fingerprint density at radius 3 is 2.59 bits per heavy atom. The second-order valence-electron chi connectivity index (χ2n) is 12.2. The van der Waals surface area contributed by atoms with Crippen molar-refractivity contribution in [3.8, 4) is 5.75 Å². The summed E-state index contributed by atoms with van der Waals surface area (Å²) in [5, 5.41) is 16.1. The van der Waals surface area contributed by atoms with Gasteiger partial charge in [-0.3, -0.25) is 4.79 Å². The number of carbonyl (C=O) groups excluding carboxylic acids is 2. The van der Waals surface area contributed by atoms with Crippen LogP contribution in [0.25, 0.3) is 0 Å². The van der Waals surface area contributed by atoms with Gasteiger partial charge < -0.3 is 35.0 Å². The minimum atomic E-state index is -0.400. The zero-order valence-electron chi connectivity index (χ0n) is 26.0. The first-order valence-corrected chi connectivity index (χ1v) is 15.8. The monoisotopic (exact) mass is 574 g/mol. The maximum Gasteiger partial charge on any atom is 0.319 e. The zero-order valence-corrected chi connectivity index (χ0v) is 26.0. The number of nitrogens with zero attached hydrogens (tertiary/aromatic N) is 2. The molecule has 1 heterocycles. The summed E-state index contributed by atoms with van der Waals surface area (Å²) in [7, 11) is 2.11. The maximum atomic E-state index is 14.2. The molecule has 1 aromatic rings. The second-order valence-corrected chi connectivity index (χ2v) is 12.2. The van der Waals surface area contributed by atoms with Crippen LogP contribution in [0.15, 0.2) is 18.2 Å². The molecule has 4 atom stereocenters. The molecule has 2 aliphatic rings. The van der Waals surface area contributed by atoms with E-state index in [0.717, 1.165) is 64.5 Å². The molecule has 9 nitrogen and oxygen atoms in total. The molecule has 1 aliphatic heterocycles. The van der Waals surface area contributed by atoms with Crippen LogP contribution in [0.1, 0.15) is 95.8 Å². The fourth-order valence-corrected chi connectivity index (χ4v) is 5.84. The Kier molecular flexibility index (Phi) is 13.7. The van der Waals surface area contributed by atoms with Crippen molar-refractivity contribution < 1.29 is 24.2 Å². The number of fused-ring (bicyclic) bond motifs is 1. The van der Waals surface area contributed by atoms with E-state index in [0.29, 0.717) is 30.2 Å². The smallest absolute Gasteiger partial charge is 0.319 e. The standard InChI is InChI=1S/C32H54N4O5/c1-6-17-35(5)21-30-23(2)20-36(24(3)22-37)31(38)28-19-27(34-32(39)33-26-13-8-7-9-14-26)15-16-29(28)41-25(4)12-10-11-18-40-30/h15-16,19,23-26,30,37H,6-14,17-18,20-22H2,1-5H3,(H2,33,34,39)/t23-,24+,25+,30-/m1/s1. The molecule has 41 heavy (non-hydrogen) atoms. The first-order valence-electron chi connectivity index (χ1n) is 15.8. The molecule has 0 bridgehead atoms. The van der Waals surface area contributed by atoms with Crippen LogP contribution in [-0.2, 0) is 4.74 Å². The van der Waals surface area contributed by atoms with Crippen LogP contribution in [0.3, 0.4) is 0 Å². The van der Waals surface area contributed by atoms with Gasteiger partial charge >= 0.3 is 6.03 Å². The number of aliphatic hydroxyl groups is 1. The third-order valence-corrected chi connectivity index (χ3v) is 8.35. The van der Waals surface area contributed by atoms with Gasteiger partial charge in [0.2, 0.25) is 0 Å². The molecule has 0 saturated heterocycles. The Bertz CT molecular complexity index is 954. The second kappa shape index (κ2) is 16.9. The van der Waals surface area contributed by atoms with Crippen molar-refractivity contribution in [1.29, 1.82) is 0 Å². The Morgan fingerprint density at radius 1 is 1.15 bits per heavy atom. The number of aliphatic hydroxyl groups excluding tert-OH is 1. The molecular formula is C32H54N4O5. The van der Waals surface area contributed by atoms with E-state index in [1.165, 1.54) is 6.42 Å². The van der Waals surface area contributed by atoms with Gasteiger partial charge in [0.05, 0.1) is 30.4 Å². The molecule has 0 unspecified atom stereocenters. The zero-order chi connectivity index (χ0) is 29.8. The lowest BCUT2D eigenvalue weighted by Gasteiger charge is -2.35. The van der Waals surface area contributed by atoms with Crippen LogP contribution in [0, 0.1) is 5.92 Å². The Labute approximate surface area is 247 Å². The van der Waals surface area contributed by atoms with E-state index in [-0.39, 0.29) is 42.7 Å². The van der Waals surface area contributed by atoms with E-state index in [9.17, 15) is 14.7 Å². The molecule has 0 aromatic heterocycles. The number of amides is 3. The highest BCUT2D eigenvalue weighted by atomic mass is 16.5. The summed E-state index contributed by atoms with van der Waals surface area (Å²) in [5.74, 6) is 0.312. The highest BCUT2D eigenvalue weighted by Gasteiger charge is 2.30. The number of carbonyl (C=O) groups is 2. The van der Waals surface area contributed by atoms with Crippen molar-refractivity contribution in [3.63, 3.8) is 0 Å². The van der Waals surface area contributed by atoms with Gasteiger partial charge in [0.25, 0.3) is 5.91 Å². The highest BCUT2D eigenvalue weighted by molar-refractivity contribution is 5.99. The van der Waals surface area contributed by atoms with Crippen molar-refractivity contribution in [1.82, 2.24) is 15.1 Å². The number of urea groups is 1. The molecule has 9 heteroatoms. The van der Waals surface area contributed by atoms with Crippen LogP contribution >= 0.6 is 0 Å². The van der Waals surface area contributed by atoms with Gasteiger partial charge in [0.15, 0.2) is 0 Å². The van der Waals surface area contributed by atoms with E-state index in [2.05, 4.69) is 36.4 Å². The SMILES string of the molecule is CCCN(C)C[C@H]1OCCCC[C@H](C)Oc2ccc(NC(=O)NC3CCCCC3)cc2C(=O)N([C@@H](C)CO)C[C@H]1C. The Balaban J connectivity index is 1.89. The summed E-state index contributed by atoms with van der Waals surface area (Å²) in [6, 6.07) is 4.80. The van der Waals surface area contributed by atoms with Crippen LogP contribution in [0.5, 0.6) is 5.75 Å². The number of nitrogens with one attached hydrogen (secondary N) is 2. The van der Waals surface area contributed by atoms with Crippen LogP contribution in [-0.4, -0.2) is 91.0 Å². The van der Waals surface area contributed by atoms with E-state index in [4.69, 9.17) is 9.47 Å². The summed E-state index contributed by atoms with van der Waals surface area (Å²) < 4.78 is 12.7. The van der Waals surface area contributed by atoms with Gasteiger partial charge in [-0.05, 0) is 84.2 Å². The average Bonchev–Trinajstić information content (AvgIpc) is 2.95. The summed E-state index contributed by atoms with van der Waals surface area (Å²) in [5.41, 5.74) is 0.923. The van der Waals surface area contributed by atoms with Crippen LogP contribution in [0.4, 0.5) is 10.5 Å². The highest BCUT2D eigenvalue weighted by Crippen LogP contribution is 2.28. The largest absolute Gasteiger partial charge is 0.490 e. The number of likely N-dealkylation sites (N-methyl/N-ethyl adjacent to an activating group) is 1. The summed E-state index contributed by atoms with van der Waals surface area (Å²) in [4.78, 5) is 31.0. The molecule has 3 amide bonds. The number of hydrogen-bond donors (Lipinski definition) is 3. The molecular weight excluding hydrogens is 520 g/mol. The fourth-order valence-electron chi connectivity index (χ4n) is 5.84. The topological polar surface area (TPSA) is 103 Å². The third-order valence-electron chi connectivity index (χ3n) is 8.35. The lowest BCUT2D eigenvalue weighted by Crippen LogP contribution is -2.47. The molecule has 3 N–H and O–H groups in total. The summed E-state index contributed by atoms with van der Waals surface area (Å²) in [6.07, 6.45) is 9.14. The first-order chi connectivity index (χ1) is 19.7. The fraction of sp³-hybridized carbons (Fsp3) is 0.750. The van der Waals surface area contributed by atoms with E-state index in [1.54, 1.807) is 23.1 Å². The predicted molar refractivity (Wildman–Crippen MR) is 164 cm³/mol. The van der Waals surface area contributed by atoms with Gasteiger partial charge in [-0.2, -0.15) is 0 Å². The quantitative estimate of drug-likeness (QED) is 0.391. The van der Waals surface area contributed by atoms with E-state index < -0.39 is 6.04 Å². The van der Waals surface area contributed by atoms with Crippen LogP contribution < -0.4 is 15.4 Å². The molecule has 0 radical (unpaired) electrons. The number of rotatable bonds is 8. The molecule has 232 valence electrons. The van der Waals surface area contributed by atoms with Gasteiger partial charge in [-0.1, -0.05) is 33.1 Å². The third kappa shape index (κ3) is 10.5. The normalized spacial score (nSPS) is 24.2. The Morgan fingerprint density at radius 2 is 1.88 bits per heavy atom. The van der Waals surface area contributed by atoms with Crippen molar-refractivity contribution in [2.75, 3.05) is 45.2 Å². The van der Waals surface area contributed by atoms with Crippen molar-refractivity contribution in [2.45, 2.75) is 110 Å². The van der Waals surface area contributed by atoms with E-state index >= 15 is 0 Å². The maximum absolute atomic E-state index is 14.2. The number of hydrogen-bond acceptors (Lipinski definition) is 6. The first kappa shape index (κ1) is 33.1. The van der Waals surface area contributed by atoms with Crippen LogP contribution in [0.2, 0.25) is 0 Å². The van der Waals surface area contributed by atoms with Crippen molar-refractivity contribution in [3.05, 3.63) is 23.8 Å². The van der Waals surface area contributed by atoms with Crippen molar-refractivity contribution in [2.24, 2.45) is 5.92 Å². The van der Waals surface area contributed by atoms with Crippen molar-refractivity contribution >= 4 is 17.6 Å². The lowest BCUT2D eigenvalue weighted by molar-refractivity contribution is -0.0167. The number of ether oxygens (including phenoxy) is 2. The lowest BCUT2D eigenvalue weighted by atomic mass is 9.96. The molecule has 3 rings (SSSR count). The van der Waals surface area contributed by atoms with E-state index in [1.807, 2.05) is 13.8 Å². The van der Waals surface area contributed by atoms with Gasteiger partial charge in [0.1, 0.15) is 5.75 Å². The Hall–Kier alpha value is -2.36. The molecule has 1 aliphatic carbocycles. The summed E-state index contributed by atoms with van der Waals surface area (Å²) >= 11 is 0. The average molecular weight is 575 g/mol. The van der Waals surface area contributed by atoms with Gasteiger partial charge in [-0.15, -0.1) is 0 Å². The molecule has 0 spiro atoms. The number of anilines is 1. The minimum Gasteiger partial charge on any atom is -0.490 e. The number of benzene rings is 1. The van der Waals surface area contributed by atoms with Gasteiger partial charge in [0, 0.05) is 37.3 Å². The summed E-state index contributed by atoms with van der Waals surface area (Å²) in [6.45, 7) is 10.9. The minimum absolute atomic E-state index is 0.0414. The molecule has 1 fully saturated rings.